The number of nitrogens with one attached hydrogen (secondary N) is 6. The molecule has 53 heavy (non-hydrogen) atoms. The van der Waals surface area contributed by atoms with Gasteiger partial charge in [-0.1, -0.05) is 60.7 Å². The Morgan fingerprint density at radius 2 is 1.15 bits per heavy atom. The molecule has 288 valence electrons. The molecular weight excluding hydrogens is 690 g/mol. The van der Waals surface area contributed by atoms with Crippen LogP contribution in [-0.2, 0) is 46.4 Å². The van der Waals surface area contributed by atoms with Gasteiger partial charge in [0.2, 0.25) is 41.4 Å². The van der Waals surface area contributed by atoms with Gasteiger partial charge >= 0.3 is 0 Å². The highest BCUT2D eigenvalue weighted by atomic mass is 16.3. The van der Waals surface area contributed by atoms with Gasteiger partial charge in [0.1, 0.15) is 30.2 Å². The zero-order chi connectivity index (χ0) is 39.3. The molecule has 2 aromatic carbocycles. The van der Waals surface area contributed by atoms with Gasteiger partial charge in [0.25, 0.3) is 0 Å². The van der Waals surface area contributed by atoms with E-state index in [2.05, 4.69) is 36.9 Å². The Hall–Kier alpha value is -6.08. The zero-order valence-electron chi connectivity index (χ0n) is 29.4. The topological polar surface area (TPSA) is 328 Å². The number of rotatable bonds is 22. The fourth-order valence-electron chi connectivity index (χ4n) is 4.82. The van der Waals surface area contributed by atoms with E-state index in [-0.39, 0.29) is 44.7 Å². The number of hydrogen-bond acceptors (Lipinski definition) is 10. The molecular formula is C34H49N11O8. The van der Waals surface area contributed by atoms with Crippen molar-refractivity contribution in [2.45, 2.75) is 62.8 Å². The summed E-state index contributed by atoms with van der Waals surface area (Å²) in [5.41, 5.74) is 23.0. The lowest BCUT2D eigenvalue weighted by atomic mass is 10.0. The van der Waals surface area contributed by atoms with Crippen molar-refractivity contribution >= 4 is 47.3 Å². The number of carbonyl (C=O) groups excluding carboxylic acids is 7. The summed E-state index contributed by atoms with van der Waals surface area (Å²) in [5.74, 6) is -5.59. The number of benzene rings is 2. The van der Waals surface area contributed by atoms with E-state index >= 15 is 0 Å². The summed E-state index contributed by atoms with van der Waals surface area (Å²) in [5, 5.41) is 24.7. The van der Waals surface area contributed by atoms with Gasteiger partial charge in [-0.2, -0.15) is 0 Å². The quantitative estimate of drug-likeness (QED) is 0.0311. The molecule has 0 aliphatic rings. The van der Waals surface area contributed by atoms with Crippen molar-refractivity contribution in [2.24, 2.45) is 27.9 Å². The number of aliphatic hydroxyl groups is 1. The summed E-state index contributed by atoms with van der Waals surface area (Å²) in [6, 6.07) is 11.0. The normalized spacial score (nSPS) is 13.4. The van der Waals surface area contributed by atoms with Crippen molar-refractivity contribution in [3.63, 3.8) is 0 Å². The van der Waals surface area contributed by atoms with E-state index in [4.69, 9.17) is 22.9 Å². The number of carbonyl (C=O) groups is 7. The molecule has 2 aromatic rings. The lowest BCUT2D eigenvalue weighted by Gasteiger charge is -2.26. The Balaban J connectivity index is 2.25. The van der Waals surface area contributed by atoms with Gasteiger partial charge in [-0.3, -0.25) is 38.6 Å². The summed E-state index contributed by atoms with van der Waals surface area (Å²) in [7, 11) is 0. The summed E-state index contributed by atoms with van der Waals surface area (Å²) in [6.45, 7) is -0.225. The molecule has 7 amide bonds. The SMILES string of the molecule is C[C@H](NC(=O)CNC(=O)CN)C(=O)N[C@@H](CO)C(=O)N[C@@H](Cc1ccccc1)C(=O)N[C@@H](CCCN=C(N)N)C(=O)N[C@@H](Cc1ccccc1)C(N)=O. The van der Waals surface area contributed by atoms with E-state index in [1.165, 1.54) is 6.92 Å². The van der Waals surface area contributed by atoms with Gasteiger partial charge in [-0.15, -0.1) is 0 Å². The van der Waals surface area contributed by atoms with Crippen molar-refractivity contribution in [1.29, 1.82) is 0 Å². The Morgan fingerprint density at radius 3 is 1.68 bits per heavy atom. The van der Waals surface area contributed by atoms with E-state index in [0.717, 1.165) is 5.56 Å². The molecule has 2 rings (SSSR count). The van der Waals surface area contributed by atoms with Crippen LogP contribution in [0.3, 0.4) is 0 Å². The molecule has 0 saturated carbocycles. The third-order valence-corrected chi connectivity index (χ3v) is 7.65. The second kappa shape index (κ2) is 22.7. The molecule has 19 heteroatoms. The van der Waals surface area contributed by atoms with Crippen molar-refractivity contribution in [1.82, 2.24) is 31.9 Å². The van der Waals surface area contributed by atoms with Crippen LogP contribution in [0.1, 0.15) is 30.9 Å². The second-order valence-electron chi connectivity index (χ2n) is 11.9. The first-order valence-electron chi connectivity index (χ1n) is 16.7. The van der Waals surface area contributed by atoms with Crippen LogP contribution in [0.15, 0.2) is 65.7 Å². The third kappa shape index (κ3) is 16.2. The fraction of sp³-hybridized carbons (Fsp3) is 0.412. The Morgan fingerprint density at radius 1 is 0.660 bits per heavy atom. The van der Waals surface area contributed by atoms with Gasteiger partial charge in [0.15, 0.2) is 5.96 Å². The van der Waals surface area contributed by atoms with E-state index in [1.807, 2.05) is 0 Å². The van der Waals surface area contributed by atoms with Crippen LogP contribution >= 0.6 is 0 Å². The molecule has 15 N–H and O–H groups in total. The second-order valence-corrected chi connectivity index (χ2v) is 11.9. The van der Waals surface area contributed by atoms with E-state index in [9.17, 15) is 38.7 Å². The molecule has 0 fully saturated rings. The van der Waals surface area contributed by atoms with Gasteiger partial charge in [-0.05, 0) is 30.9 Å². The summed E-state index contributed by atoms with van der Waals surface area (Å²) in [6.07, 6.45) is 0.279. The first kappa shape index (κ1) is 43.1. The van der Waals surface area contributed by atoms with Crippen molar-refractivity contribution in [3.05, 3.63) is 71.8 Å². The van der Waals surface area contributed by atoms with Gasteiger partial charge in [-0.25, -0.2) is 0 Å². The van der Waals surface area contributed by atoms with Crippen LogP contribution in [0.4, 0.5) is 0 Å². The van der Waals surface area contributed by atoms with Crippen LogP contribution in [0.25, 0.3) is 0 Å². The molecule has 0 aliphatic carbocycles. The zero-order valence-corrected chi connectivity index (χ0v) is 29.4. The highest BCUT2D eigenvalue weighted by Crippen LogP contribution is 2.08. The molecule has 0 bridgehead atoms. The molecule has 0 heterocycles. The maximum absolute atomic E-state index is 13.8. The average molecular weight is 740 g/mol. The molecule has 0 radical (unpaired) electrons. The number of aliphatic imine (C=N–C) groups is 1. The summed E-state index contributed by atoms with van der Waals surface area (Å²) < 4.78 is 0. The number of amides is 7. The lowest BCUT2D eigenvalue weighted by molar-refractivity contribution is -0.135. The van der Waals surface area contributed by atoms with Crippen LogP contribution in [0.5, 0.6) is 0 Å². The molecule has 19 nitrogen and oxygen atoms in total. The first-order valence-corrected chi connectivity index (χ1v) is 16.7. The molecule has 5 atom stereocenters. The predicted octanol–water partition coefficient (Wildman–Crippen LogP) is -4.48. The smallest absolute Gasteiger partial charge is 0.245 e. The summed E-state index contributed by atoms with van der Waals surface area (Å²) >= 11 is 0. The number of guanidine groups is 1. The third-order valence-electron chi connectivity index (χ3n) is 7.65. The molecule has 0 saturated heterocycles. The summed E-state index contributed by atoms with van der Waals surface area (Å²) in [4.78, 5) is 93.2. The van der Waals surface area contributed by atoms with E-state index < -0.39 is 84.7 Å². The van der Waals surface area contributed by atoms with E-state index in [0.29, 0.717) is 5.56 Å². The Kier molecular flexibility index (Phi) is 18.4. The molecule has 0 spiro atoms. The Bertz CT molecular complexity index is 1570. The maximum atomic E-state index is 13.8. The Labute approximate surface area is 306 Å². The highest BCUT2D eigenvalue weighted by Gasteiger charge is 2.32. The minimum Gasteiger partial charge on any atom is -0.394 e. The van der Waals surface area contributed by atoms with Gasteiger partial charge in [0, 0.05) is 19.4 Å². The van der Waals surface area contributed by atoms with E-state index in [1.54, 1.807) is 60.7 Å². The first-order chi connectivity index (χ1) is 25.2. The van der Waals surface area contributed by atoms with Crippen molar-refractivity contribution in [3.8, 4) is 0 Å². The monoisotopic (exact) mass is 739 g/mol. The van der Waals surface area contributed by atoms with Gasteiger partial charge in [0.05, 0.1) is 19.7 Å². The predicted molar refractivity (Wildman–Crippen MR) is 194 cm³/mol. The van der Waals surface area contributed by atoms with Crippen LogP contribution < -0.4 is 54.8 Å². The van der Waals surface area contributed by atoms with Crippen LogP contribution in [-0.4, -0.2) is 109 Å². The van der Waals surface area contributed by atoms with Crippen LogP contribution in [0.2, 0.25) is 0 Å². The molecule has 0 aliphatic heterocycles. The standard InChI is InChI=1S/C34H49N11O8/c1-20(41-28(48)18-40-27(47)17-35)30(50)45-26(19-46)33(53)44-25(16-22-11-6-3-7-12-22)32(52)42-23(13-8-14-39-34(37)38)31(51)43-24(29(36)49)15-21-9-4-2-5-10-21/h2-7,9-12,20,23-26,46H,8,13-19,35H2,1H3,(H2,36,49)(H,40,47)(H,41,48)(H,42,52)(H,43,51)(H,44,53)(H,45,50)(H4,37,38,39)/t20-,23-,24-,25-,26-/m0/s1. The minimum atomic E-state index is -1.56. The lowest BCUT2D eigenvalue weighted by Crippen LogP contribution is -2.60. The van der Waals surface area contributed by atoms with Crippen molar-refractivity contribution < 1.29 is 38.7 Å². The highest BCUT2D eigenvalue weighted by molar-refractivity contribution is 5.96. The van der Waals surface area contributed by atoms with Crippen LogP contribution in [0, 0.1) is 0 Å². The van der Waals surface area contributed by atoms with Crippen molar-refractivity contribution in [2.75, 3.05) is 26.2 Å². The number of nitrogens with two attached hydrogens (primary N) is 4. The minimum absolute atomic E-state index is 0.0199. The maximum Gasteiger partial charge on any atom is 0.245 e. The largest absolute Gasteiger partial charge is 0.394 e. The molecule has 0 unspecified atom stereocenters. The number of hydrogen-bond donors (Lipinski definition) is 11. The number of nitrogens with zero attached hydrogens (tertiary/aromatic N) is 1. The number of primary amides is 1. The molecule has 0 aromatic heterocycles. The average Bonchev–Trinajstić information content (AvgIpc) is 3.13. The van der Waals surface area contributed by atoms with Gasteiger partial charge < -0.3 is 59.9 Å². The number of aliphatic hydroxyl groups excluding tert-OH is 1. The fourth-order valence-corrected chi connectivity index (χ4v) is 4.82.